The molecule has 14 heavy (non-hydrogen) atoms. The summed E-state index contributed by atoms with van der Waals surface area (Å²) in [5.41, 5.74) is 0. The first-order valence-corrected chi connectivity index (χ1v) is 4.47. The zero-order chi connectivity index (χ0) is 10.2. The molecule has 1 heterocycles. The van der Waals surface area contributed by atoms with Gasteiger partial charge in [-0.2, -0.15) is 0 Å². The van der Waals surface area contributed by atoms with Crippen molar-refractivity contribution in [3.8, 4) is 0 Å². The van der Waals surface area contributed by atoms with Crippen molar-refractivity contribution in [2.45, 2.75) is 13.0 Å². The maximum atomic E-state index is 10.3. The Morgan fingerprint density at radius 1 is 1.43 bits per heavy atom. The third-order valence-electron chi connectivity index (χ3n) is 1.68. The third-order valence-corrected chi connectivity index (χ3v) is 1.68. The van der Waals surface area contributed by atoms with Crippen molar-refractivity contribution in [1.29, 1.82) is 0 Å². The maximum Gasteiger partial charge on any atom is 0.185 e. The average Bonchev–Trinajstić information content (AvgIpc) is 2.65. The summed E-state index contributed by atoms with van der Waals surface area (Å²) < 4.78 is 15.3. The van der Waals surface area contributed by atoms with E-state index in [1.54, 1.807) is 19.2 Å². The molecule has 1 aromatic heterocycles. The van der Waals surface area contributed by atoms with Crippen LogP contribution in [-0.4, -0.2) is 26.6 Å². The molecule has 1 aromatic rings. The Labute approximate surface area is 82.8 Å². The van der Waals surface area contributed by atoms with Crippen LogP contribution in [0.4, 0.5) is 0 Å². The lowest BCUT2D eigenvalue weighted by Gasteiger charge is -2.00. The molecule has 0 aliphatic carbocycles. The number of carbonyl (C=O) groups excluding carboxylic acids is 1. The molecule has 0 saturated heterocycles. The number of rotatable bonds is 7. The summed E-state index contributed by atoms with van der Waals surface area (Å²) in [5.74, 6) is 1.00. The average molecular weight is 198 g/mol. The summed E-state index contributed by atoms with van der Waals surface area (Å²) in [4.78, 5) is 10.3. The highest BCUT2D eigenvalue weighted by Crippen LogP contribution is 2.06. The first-order valence-electron chi connectivity index (χ1n) is 4.47. The fourth-order valence-electron chi connectivity index (χ4n) is 1.01. The van der Waals surface area contributed by atoms with E-state index in [2.05, 4.69) is 0 Å². The van der Waals surface area contributed by atoms with Crippen molar-refractivity contribution < 1.29 is 18.7 Å². The van der Waals surface area contributed by atoms with Gasteiger partial charge in [-0.15, -0.1) is 0 Å². The van der Waals surface area contributed by atoms with Gasteiger partial charge in [0.2, 0.25) is 0 Å². The zero-order valence-corrected chi connectivity index (χ0v) is 8.19. The standard InChI is InChI=1S/C10H14O4/c1-12-5-2-6-13-8-10-4-3-9(7-11)14-10/h3-4,7H,2,5-6,8H2,1H3. The molecule has 1 rings (SSSR count). The van der Waals surface area contributed by atoms with Crippen molar-refractivity contribution in [2.75, 3.05) is 20.3 Å². The Hall–Kier alpha value is -1.13. The molecule has 0 spiro atoms. The molecule has 0 saturated carbocycles. The number of ether oxygens (including phenoxy) is 2. The van der Waals surface area contributed by atoms with Crippen molar-refractivity contribution in [3.63, 3.8) is 0 Å². The van der Waals surface area contributed by atoms with Gasteiger partial charge in [0.05, 0.1) is 0 Å². The normalized spacial score (nSPS) is 10.4. The van der Waals surface area contributed by atoms with Crippen LogP contribution >= 0.6 is 0 Å². The smallest absolute Gasteiger partial charge is 0.185 e. The Kier molecular flexibility index (Phi) is 4.96. The van der Waals surface area contributed by atoms with Gasteiger partial charge in [0.1, 0.15) is 12.4 Å². The van der Waals surface area contributed by atoms with Crippen LogP contribution in [0.25, 0.3) is 0 Å². The first-order chi connectivity index (χ1) is 6.86. The molecule has 4 nitrogen and oxygen atoms in total. The van der Waals surface area contributed by atoms with Gasteiger partial charge in [-0.25, -0.2) is 0 Å². The van der Waals surface area contributed by atoms with Crippen molar-refractivity contribution in [1.82, 2.24) is 0 Å². The van der Waals surface area contributed by atoms with E-state index >= 15 is 0 Å². The first kappa shape index (κ1) is 10.9. The van der Waals surface area contributed by atoms with Gasteiger partial charge in [-0.1, -0.05) is 0 Å². The third kappa shape index (κ3) is 3.72. The summed E-state index contributed by atoms with van der Waals surface area (Å²) in [6, 6.07) is 3.36. The summed E-state index contributed by atoms with van der Waals surface area (Å²) in [6.45, 7) is 1.72. The molecule has 78 valence electrons. The second-order valence-electron chi connectivity index (χ2n) is 2.82. The van der Waals surface area contributed by atoms with Crippen LogP contribution in [-0.2, 0) is 16.1 Å². The molecular formula is C10H14O4. The maximum absolute atomic E-state index is 10.3. The lowest BCUT2D eigenvalue weighted by molar-refractivity contribution is 0.0817. The van der Waals surface area contributed by atoms with Crippen LogP contribution in [0.1, 0.15) is 22.7 Å². The molecular weight excluding hydrogens is 184 g/mol. The Morgan fingerprint density at radius 3 is 2.93 bits per heavy atom. The van der Waals surface area contributed by atoms with Gasteiger partial charge in [-0.05, 0) is 18.6 Å². The topological polar surface area (TPSA) is 48.7 Å². The fraction of sp³-hybridized carbons (Fsp3) is 0.500. The molecule has 0 aliphatic heterocycles. The molecule has 0 bridgehead atoms. The Morgan fingerprint density at radius 2 is 2.29 bits per heavy atom. The predicted octanol–water partition coefficient (Wildman–Crippen LogP) is 1.65. The van der Waals surface area contributed by atoms with Gasteiger partial charge in [-0.3, -0.25) is 4.79 Å². The van der Waals surface area contributed by atoms with Crippen LogP contribution in [0.2, 0.25) is 0 Å². The van der Waals surface area contributed by atoms with Gasteiger partial charge in [0.25, 0.3) is 0 Å². The van der Waals surface area contributed by atoms with E-state index in [0.717, 1.165) is 6.42 Å². The van der Waals surface area contributed by atoms with Gasteiger partial charge in [0, 0.05) is 20.3 Å². The quantitative estimate of drug-likeness (QED) is 0.493. The zero-order valence-electron chi connectivity index (χ0n) is 8.19. The molecule has 4 heteroatoms. The molecule has 0 N–H and O–H groups in total. The molecule has 0 aromatic carbocycles. The second kappa shape index (κ2) is 6.34. The Bertz CT molecular complexity index is 267. The fourth-order valence-corrected chi connectivity index (χ4v) is 1.01. The van der Waals surface area contributed by atoms with E-state index < -0.39 is 0 Å². The molecule has 0 amide bonds. The largest absolute Gasteiger partial charge is 0.456 e. The summed E-state index contributed by atoms with van der Waals surface area (Å²) in [6.07, 6.45) is 1.53. The van der Waals surface area contributed by atoms with Crippen LogP contribution in [0.5, 0.6) is 0 Å². The molecule has 0 aliphatic rings. The number of hydrogen-bond acceptors (Lipinski definition) is 4. The molecule has 0 atom stereocenters. The van der Waals surface area contributed by atoms with Crippen LogP contribution < -0.4 is 0 Å². The Balaban J connectivity index is 2.14. The summed E-state index contributed by atoms with van der Waals surface area (Å²) in [7, 11) is 1.66. The molecule has 0 unspecified atom stereocenters. The van der Waals surface area contributed by atoms with Gasteiger partial charge in [0.15, 0.2) is 12.0 Å². The highest BCUT2D eigenvalue weighted by molar-refractivity contribution is 5.70. The number of methoxy groups -OCH3 is 1. The molecule has 0 radical (unpaired) electrons. The van der Waals surface area contributed by atoms with Crippen molar-refractivity contribution >= 4 is 6.29 Å². The number of hydrogen-bond donors (Lipinski definition) is 0. The molecule has 0 fully saturated rings. The summed E-state index contributed by atoms with van der Waals surface area (Å²) >= 11 is 0. The monoisotopic (exact) mass is 198 g/mol. The van der Waals surface area contributed by atoms with Crippen LogP contribution in [0.15, 0.2) is 16.5 Å². The van der Waals surface area contributed by atoms with Gasteiger partial charge < -0.3 is 13.9 Å². The van der Waals surface area contributed by atoms with Gasteiger partial charge >= 0.3 is 0 Å². The van der Waals surface area contributed by atoms with Crippen molar-refractivity contribution in [2.24, 2.45) is 0 Å². The van der Waals surface area contributed by atoms with E-state index in [4.69, 9.17) is 13.9 Å². The van der Waals surface area contributed by atoms with E-state index in [1.165, 1.54) is 0 Å². The minimum Gasteiger partial charge on any atom is -0.456 e. The number of furan rings is 1. The number of aldehydes is 1. The number of carbonyl (C=O) groups is 1. The minimum atomic E-state index is 0.334. The van der Waals surface area contributed by atoms with E-state index in [-0.39, 0.29) is 0 Å². The second-order valence-corrected chi connectivity index (χ2v) is 2.82. The lowest BCUT2D eigenvalue weighted by Crippen LogP contribution is -1.98. The summed E-state index contributed by atoms with van der Waals surface area (Å²) in [5, 5.41) is 0. The lowest BCUT2D eigenvalue weighted by atomic mass is 10.4. The van der Waals surface area contributed by atoms with E-state index in [1.807, 2.05) is 0 Å². The minimum absolute atomic E-state index is 0.334. The highest BCUT2D eigenvalue weighted by Gasteiger charge is 2.00. The van der Waals surface area contributed by atoms with E-state index in [0.29, 0.717) is 37.6 Å². The van der Waals surface area contributed by atoms with E-state index in [9.17, 15) is 4.79 Å². The van der Waals surface area contributed by atoms with Crippen LogP contribution in [0, 0.1) is 0 Å². The van der Waals surface area contributed by atoms with Crippen LogP contribution in [0.3, 0.4) is 0 Å². The SMILES string of the molecule is COCCCOCc1ccc(C=O)o1. The van der Waals surface area contributed by atoms with Crippen molar-refractivity contribution in [3.05, 3.63) is 23.7 Å². The predicted molar refractivity (Wildman–Crippen MR) is 50.2 cm³/mol. The highest BCUT2D eigenvalue weighted by atomic mass is 16.5.